The van der Waals surface area contributed by atoms with E-state index in [2.05, 4.69) is 4.90 Å². The van der Waals surface area contributed by atoms with E-state index in [1.54, 1.807) is 12.1 Å². The smallest absolute Gasteiger partial charge is 0.153 e. The number of aromatic nitrogens is 2. The number of rotatable bonds is 3. The summed E-state index contributed by atoms with van der Waals surface area (Å²) in [7, 11) is 0. The van der Waals surface area contributed by atoms with Crippen LogP contribution in [0.15, 0.2) is 12.1 Å². The second kappa shape index (κ2) is 7.91. The molecule has 29 heavy (non-hydrogen) atoms. The Labute approximate surface area is 181 Å². The fourth-order valence-corrected chi connectivity index (χ4v) is 5.32. The van der Waals surface area contributed by atoms with Gasteiger partial charge in [0.25, 0.3) is 0 Å². The summed E-state index contributed by atoms with van der Waals surface area (Å²) in [6.45, 7) is 3.43. The summed E-state index contributed by atoms with van der Waals surface area (Å²) >= 11 is 12.6. The lowest BCUT2D eigenvalue weighted by molar-refractivity contribution is 0.196. The number of anilines is 2. The number of aryl methyl sites for hydroxylation is 1. The Morgan fingerprint density at radius 3 is 2.55 bits per heavy atom. The van der Waals surface area contributed by atoms with E-state index < -0.39 is 0 Å². The van der Waals surface area contributed by atoms with E-state index in [1.165, 1.54) is 12.8 Å². The molecule has 1 saturated carbocycles. The molecule has 0 unspecified atom stereocenters. The Kier molecular flexibility index (Phi) is 5.64. The SMILES string of the molecule is Cc1nc(N2CCC3(CCC[C@H]3N)CC2)c(CO)nc1-c1cc(N)cc(Cl)c1Cl. The van der Waals surface area contributed by atoms with Crippen LogP contribution in [0.4, 0.5) is 11.5 Å². The summed E-state index contributed by atoms with van der Waals surface area (Å²) in [5.41, 5.74) is 15.6. The number of benzene rings is 1. The molecule has 2 aliphatic rings. The van der Waals surface area contributed by atoms with Crippen LogP contribution >= 0.6 is 23.2 Å². The molecule has 0 bridgehead atoms. The van der Waals surface area contributed by atoms with E-state index in [-0.39, 0.29) is 12.0 Å². The van der Waals surface area contributed by atoms with Crippen LogP contribution < -0.4 is 16.4 Å². The van der Waals surface area contributed by atoms with Crippen molar-refractivity contribution in [3.05, 3.63) is 33.6 Å². The van der Waals surface area contributed by atoms with Crippen LogP contribution in [-0.4, -0.2) is 34.2 Å². The van der Waals surface area contributed by atoms with Gasteiger partial charge in [0.05, 0.1) is 28.0 Å². The van der Waals surface area contributed by atoms with Gasteiger partial charge in [-0.15, -0.1) is 0 Å². The van der Waals surface area contributed by atoms with Gasteiger partial charge in [-0.1, -0.05) is 29.6 Å². The molecule has 1 aromatic heterocycles. The van der Waals surface area contributed by atoms with Crippen molar-refractivity contribution < 1.29 is 5.11 Å². The highest BCUT2D eigenvalue weighted by atomic mass is 35.5. The summed E-state index contributed by atoms with van der Waals surface area (Å²) in [5.74, 6) is 0.737. The minimum atomic E-state index is -0.204. The number of aliphatic hydroxyl groups excluding tert-OH is 1. The zero-order valence-electron chi connectivity index (χ0n) is 16.6. The molecule has 0 amide bonds. The van der Waals surface area contributed by atoms with Gasteiger partial charge in [-0.2, -0.15) is 0 Å². The van der Waals surface area contributed by atoms with Gasteiger partial charge in [-0.3, -0.25) is 0 Å². The summed E-state index contributed by atoms with van der Waals surface area (Å²) in [4.78, 5) is 11.7. The maximum atomic E-state index is 10.0. The molecule has 6 nitrogen and oxygen atoms in total. The van der Waals surface area contributed by atoms with Gasteiger partial charge in [-0.25, -0.2) is 9.97 Å². The van der Waals surface area contributed by atoms with Crippen molar-refractivity contribution in [1.29, 1.82) is 0 Å². The van der Waals surface area contributed by atoms with Crippen molar-refractivity contribution >= 4 is 34.7 Å². The Hall–Kier alpha value is -1.60. The normalized spacial score (nSPS) is 21.1. The number of nitrogens with zero attached hydrogens (tertiary/aromatic N) is 3. The van der Waals surface area contributed by atoms with Gasteiger partial charge in [-0.05, 0) is 50.2 Å². The molecule has 1 aromatic carbocycles. The lowest BCUT2D eigenvalue weighted by atomic mass is 9.74. The topological polar surface area (TPSA) is 101 Å². The monoisotopic (exact) mass is 435 g/mol. The van der Waals surface area contributed by atoms with E-state index in [4.69, 9.17) is 44.6 Å². The first-order valence-electron chi connectivity index (χ1n) is 10.1. The summed E-state index contributed by atoms with van der Waals surface area (Å²) in [6, 6.07) is 3.64. The molecule has 1 spiro atoms. The van der Waals surface area contributed by atoms with Gasteiger partial charge in [0.1, 0.15) is 5.69 Å². The van der Waals surface area contributed by atoms with Gasteiger partial charge in [0.15, 0.2) is 5.82 Å². The first-order chi connectivity index (χ1) is 13.8. The Morgan fingerprint density at radius 1 is 1.21 bits per heavy atom. The van der Waals surface area contributed by atoms with Crippen LogP contribution in [0.2, 0.25) is 10.0 Å². The highest BCUT2D eigenvalue weighted by Gasteiger charge is 2.43. The fraction of sp³-hybridized carbons (Fsp3) is 0.524. The third-order valence-corrected chi connectivity index (χ3v) is 7.41. The fourth-order valence-electron chi connectivity index (χ4n) is 4.89. The lowest BCUT2D eigenvalue weighted by Crippen LogP contribution is -2.47. The maximum absolute atomic E-state index is 10.0. The van der Waals surface area contributed by atoms with Crippen molar-refractivity contribution in [3.63, 3.8) is 0 Å². The summed E-state index contributed by atoms with van der Waals surface area (Å²) < 4.78 is 0. The van der Waals surface area contributed by atoms with Crippen molar-refractivity contribution in [3.8, 4) is 11.3 Å². The number of nitrogens with two attached hydrogens (primary N) is 2. The second-order valence-corrected chi connectivity index (χ2v) is 9.08. The quantitative estimate of drug-likeness (QED) is 0.631. The molecule has 0 radical (unpaired) electrons. The molecular weight excluding hydrogens is 409 g/mol. The molecule has 1 aliphatic heterocycles. The molecule has 1 aliphatic carbocycles. The molecule has 1 saturated heterocycles. The van der Waals surface area contributed by atoms with Crippen LogP contribution in [-0.2, 0) is 6.61 Å². The first-order valence-corrected chi connectivity index (χ1v) is 10.8. The number of hydrogen-bond acceptors (Lipinski definition) is 6. The molecular formula is C21H27Cl2N5O. The third kappa shape index (κ3) is 3.67. The van der Waals surface area contributed by atoms with Crippen molar-refractivity contribution in [1.82, 2.24) is 9.97 Å². The molecule has 156 valence electrons. The first kappa shape index (κ1) is 20.7. The number of hydrogen-bond donors (Lipinski definition) is 3. The van der Waals surface area contributed by atoms with Gasteiger partial charge in [0.2, 0.25) is 0 Å². The van der Waals surface area contributed by atoms with Crippen molar-refractivity contribution in [2.75, 3.05) is 23.7 Å². The predicted octanol–water partition coefficient (Wildman–Crippen LogP) is 3.93. The van der Waals surface area contributed by atoms with Crippen LogP contribution in [0, 0.1) is 12.3 Å². The third-order valence-electron chi connectivity index (χ3n) is 6.61. The molecule has 2 aromatic rings. The summed E-state index contributed by atoms with van der Waals surface area (Å²) in [6.07, 6.45) is 5.67. The summed E-state index contributed by atoms with van der Waals surface area (Å²) in [5, 5.41) is 10.8. The molecule has 2 heterocycles. The second-order valence-electron chi connectivity index (χ2n) is 8.30. The number of aliphatic hydroxyl groups is 1. The van der Waals surface area contributed by atoms with E-state index >= 15 is 0 Å². The van der Waals surface area contributed by atoms with E-state index in [0.29, 0.717) is 38.7 Å². The number of halogens is 2. The minimum absolute atomic E-state index is 0.204. The Bertz CT molecular complexity index is 928. The molecule has 2 fully saturated rings. The van der Waals surface area contributed by atoms with Crippen LogP contribution in [0.25, 0.3) is 11.3 Å². The van der Waals surface area contributed by atoms with Crippen molar-refractivity contribution in [2.45, 2.75) is 51.7 Å². The molecule has 8 heteroatoms. The van der Waals surface area contributed by atoms with Gasteiger partial charge >= 0.3 is 0 Å². The number of piperidine rings is 1. The van der Waals surface area contributed by atoms with E-state index in [0.717, 1.165) is 43.9 Å². The Morgan fingerprint density at radius 2 is 1.93 bits per heavy atom. The van der Waals surface area contributed by atoms with Crippen LogP contribution in [0.3, 0.4) is 0 Å². The standard InChI is InChI=1S/C21H27Cl2N5O/c1-12-19(14-9-13(24)10-15(22)18(14)23)27-16(11-29)20(26-12)28-7-5-21(6-8-28)4-2-3-17(21)25/h9-10,17,29H,2-8,11,24-25H2,1H3/t17-/m1/s1. The Balaban J connectivity index is 1.66. The minimum Gasteiger partial charge on any atom is -0.399 e. The van der Waals surface area contributed by atoms with E-state index in [1.807, 2.05) is 6.92 Å². The van der Waals surface area contributed by atoms with Gasteiger partial charge in [0, 0.05) is 30.4 Å². The highest BCUT2D eigenvalue weighted by Crippen LogP contribution is 2.46. The average Bonchev–Trinajstić information content (AvgIpc) is 3.05. The largest absolute Gasteiger partial charge is 0.399 e. The maximum Gasteiger partial charge on any atom is 0.153 e. The molecule has 5 N–H and O–H groups in total. The molecule has 4 rings (SSSR count). The number of nitrogen functional groups attached to an aromatic ring is 1. The zero-order chi connectivity index (χ0) is 20.8. The van der Waals surface area contributed by atoms with Crippen LogP contribution in [0.5, 0.6) is 0 Å². The van der Waals surface area contributed by atoms with E-state index in [9.17, 15) is 5.11 Å². The zero-order valence-corrected chi connectivity index (χ0v) is 18.1. The van der Waals surface area contributed by atoms with Crippen LogP contribution in [0.1, 0.15) is 43.5 Å². The average molecular weight is 436 g/mol. The van der Waals surface area contributed by atoms with Crippen molar-refractivity contribution in [2.24, 2.45) is 11.1 Å². The predicted molar refractivity (Wildman–Crippen MR) is 118 cm³/mol. The van der Waals surface area contributed by atoms with Gasteiger partial charge < -0.3 is 21.5 Å². The lowest BCUT2D eigenvalue weighted by Gasteiger charge is -2.42. The highest BCUT2D eigenvalue weighted by molar-refractivity contribution is 6.44. The molecule has 1 atom stereocenters.